The highest BCUT2D eigenvalue weighted by atomic mass is 32.2. The SMILES string of the molecule is CS(=O)(=O)N1CCc2c(cc(Cc3ccccc3F)c(=O)n2CC2CCC2)C1. The van der Waals surface area contributed by atoms with Crippen molar-refractivity contribution in [2.45, 2.75) is 45.2 Å². The molecule has 1 saturated carbocycles. The van der Waals surface area contributed by atoms with Crippen LogP contribution in [-0.4, -0.2) is 30.1 Å². The van der Waals surface area contributed by atoms with Crippen LogP contribution >= 0.6 is 0 Å². The fourth-order valence-corrected chi connectivity index (χ4v) is 4.94. The van der Waals surface area contributed by atoms with E-state index in [1.807, 2.05) is 4.57 Å². The Bertz CT molecular complexity index is 1060. The van der Waals surface area contributed by atoms with Crippen LogP contribution < -0.4 is 5.56 Å². The Hall–Kier alpha value is -1.99. The van der Waals surface area contributed by atoms with Gasteiger partial charge in [-0.3, -0.25) is 4.79 Å². The second-order valence-corrected chi connectivity index (χ2v) is 9.95. The van der Waals surface area contributed by atoms with Crippen molar-refractivity contribution < 1.29 is 12.8 Å². The summed E-state index contributed by atoms with van der Waals surface area (Å²) in [7, 11) is -3.30. The fraction of sp³-hybridized carbons (Fsp3) is 0.476. The number of rotatable bonds is 5. The van der Waals surface area contributed by atoms with Gasteiger partial charge in [0.05, 0.1) is 6.26 Å². The van der Waals surface area contributed by atoms with E-state index in [0.29, 0.717) is 36.6 Å². The van der Waals surface area contributed by atoms with E-state index in [0.717, 1.165) is 24.1 Å². The van der Waals surface area contributed by atoms with Gasteiger partial charge in [-0.25, -0.2) is 12.8 Å². The van der Waals surface area contributed by atoms with Crippen LogP contribution in [0.2, 0.25) is 0 Å². The van der Waals surface area contributed by atoms with Gasteiger partial charge in [0.25, 0.3) is 5.56 Å². The molecule has 1 aromatic carbocycles. The van der Waals surface area contributed by atoms with Crippen molar-refractivity contribution in [1.82, 2.24) is 8.87 Å². The average Bonchev–Trinajstić information content (AvgIpc) is 2.61. The number of fused-ring (bicyclic) bond motifs is 1. The van der Waals surface area contributed by atoms with Gasteiger partial charge in [-0.2, -0.15) is 4.31 Å². The van der Waals surface area contributed by atoms with Crippen LogP contribution in [0.5, 0.6) is 0 Å². The van der Waals surface area contributed by atoms with E-state index in [4.69, 9.17) is 0 Å². The lowest BCUT2D eigenvalue weighted by molar-refractivity contribution is 0.266. The minimum Gasteiger partial charge on any atom is -0.312 e. The number of hydrogen-bond acceptors (Lipinski definition) is 3. The Labute approximate surface area is 164 Å². The average molecular weight is 405 g/mol. The molecule has 0 N–H and O–H groups in total. The molecule has 1 aliphatic heterocycles. The Morgan fingerprint density at radius 2 is 1.93 bits per heavy atom. The summed E-state index contributed by atoms with van der Waals surface area (Å²) in [6.45, 7) is 1.33. The zero-order valence-corrected chi connectivity index (χ0v) is 16.8. The van der Waals surface area contributed by atoms with E-state index in [-0.39, 0.29) is 24.3 Å². The van der Waals surface area contributed by atoms with Crippen LogP contribution in [0.15, 0.2) is 35.1 Å². The number of nitrogens with zero attached hydrogens (tertiary/aromatic N) is 2. The third kappa shape index (κ3) is 3.78. The van der Waals surface area contributed by atoms with Crippen molar-refractivity contribution in [3.63, 3.8) is 0 Å². The molecule has 150 valence electrons. The number of sulfonamides is 1. The van der Waals surface area contributed by atoms with Crippen LogP contribution in [0.4, 0.5) is 4.39 Å². The van der Waals surface area contributed by atoms with Crippen LogP contribution in [0.3, 0.4) is 0 Å². The highest BCUT2D eigenvalue weighted by molar-refractivity contribution is 7.88. The Balaban J connectivity index is 1.77. The first-order chi connectivity index (χ1) is 13.3. The maximum Gasteiger partial charge on any atom is 0.254 e. The van der Waals surface area contributed by atoms with Gasteiger partial charge in [-0.1, -0.05) is 24.6 Å². The molecule has 1 aromatic heterocycles. The first-order valence-corrected chi connectivity index (χ1v) is 11.6. The summed E-state index contributed by atoms with van der Waals surface area (Å²) in [6, 6.07) is 8.26. The Kier molecular flexibility index (Phi) is 5.14. The maximum absolute atomic E-state index is 14.1. The van der Waals surface area contributed by atoms with Gasteiger partial charge >= 0.3 is 0 Å². The van der Waals surface area contributed by atoms with Crippen LogP contribution in [-0.2, 0) is 36.0 Å². The smallest absolute Gasteiger partial charge is 0.254 e. The lowest BCUT2D eigenvalue weighted by Crippen LogP contribution is -2.40. The highest BCUT2D eigenvalue weighted by Crippen LogP contribution is 2.29. The van der Waals surface area contributed by atoms with Crippen LogP contribution in [0.1, 0.15) is 41.6 Å². The molecule has 2 heterocycles. The first-order valence-electron chi connectivity index (χ1n) is 9.76. The largest absolute Gasteiger partial charge is 0.312 e. The van der Waals surface area contributed by atoms with Gasteiger partial charge in [-0.15, -0.1) is 0 Å². The first kappa shape index (κ1) is 19.3. The minimum atomic E-state index is -3.30. The van der Waals surface area contributed by atoms with Crippen LogP contribution in [0.25, 0.3) is 0 Å². The molecule has 7 heteroatoms. The number of pyridine rings is 1. The van der Waals surface area contributed by atoms with Gasteiger partial charge in [0.15, 0.2) is 0 Å². The fourth-order valence-electron chi connectivity index (χ4n) is 4.14. The van der Waals surface area contributed by atoms with Crippen molar-refractivity contribution in [2.75, 3.05) is 12.8 Å². The third-order valence-corrected chi connectivity index (χ3v) is 7.23. The van der Waals surface area contributed by atoms with Gasteiger partial charge in [-0.05, 0) is 42.0 Å². The quantitative estimate of drug-likeness (QED) is 0.770. The predicted molar refractivity (Wildman–Crippen MR) is 106 cm³/mol. The van der Waals surface area contributed by atoms with E-state index in [1.54, 1.807) is 24.3 Å². The summed E-state index contributed by atoms with van der Waals surface area (Å²) in [5.41, 5.74) is 2.74. The van der Waals surface area contributed by atoms with Gasteiger partial charge in [0.1, 0.15) is 5.82 Å². The molecule has 0 amide bonds. The Morgan fingerprint density at radius 1 is 1.18 bits per heavy atom. The van der Waals surface area contributed by atoms with Crippen molar-refractivity contribution in [2.24, 2.45) is 5.92 Å². The third-order valence-electron chi connectivity index (χ3n) is 5.98. The molecule has 4 rings (SSSR count). The summed E-state index contributed by atoms with van der Waals surface area (Å²) in [6.07, 6.45) is 5.39. The monoisotopic (exact) mass is 404 g/mol. The zero-order valence-electron chi connectivity index (χ0n) is 16.0. The van der Waals surface area contributed by atoms with Crippen LogP contribution in [0, 0.1) is 11.7 Å². The molecular weight excluding hydrogens is 379 g/mol. The zero-order chi connectivity index (χ0) is 19.9. The molecule has 28 heavy (non-hydrogen) atoms. The molecule has 2 aliphatic rings. The van der Waals surface area contributed by atoms with E-state index in [2.05, 4.69) is 0 Å². The van der Waals surface area contributed by atoms with E-state index < -0.39 is 10.0 Å². The van der Waals surface area contributed by atoms with Crippen molar-refractivity contribution in [1.29, 1.82) is 0 Å². The number of benzene rings is 1. The highest BCUT2D eigenvalue weighted by Gasteiger charge is 2.28. The summed E-state index contributed by atoms with van der Waals surface area (Å²) in [5, 5.41) is 0. The molecule has 0 radical (unpaired) electrons. The van der Waals surface area contributed by atoms with Gasteiger partial charge in [0.2, 0.25) is 10.0 Å². The number of hydrogen-bond donors (Lipinski definition) is 0. The molecule has 5 nitrogen and oxygen atoms in total. The molecule has 1 fully saturated rings. The molecule has 0 bridgehead atoms. The number of halogens is 1. The van der Waals surface area contributed by atoms with Crippen molar-refractivity contribution >= 4 is 10.0 Å². The molecule has 0 unspecified atom stereocenters. The summed E-state index contributed by atoms with van der Waals surface area (Å²) >= 11 is 0. The maximum atomic E-state index is 14.1. The van der Waals surface area contributed by atoms with Gasteiger partial charge < -0.3 is 4.57 Å². The molecule has 0 saturated heterocycles. The molecule has 0 atom stereocenters. The Morgan fingerprint density at radius 3 is 2.57 bits per heavy atom. The van der Waals surface area contributed by atoms with Crippen molar-refractivity contribution in [3.8, 4) is 0 Å². The normalized spacial score (nSPS) is 17.9. The molecule has 0 spiro atoms. The second kappa shape index (κ2) is 7.44. The molecular formula is C21H25FN2O3S. The minimum absolute atomic E-state index is 0.0679. The summed E-state index contributed by atoms with van der Waals surface area (Å²) < 4.78 is 41.4. The number of aromatic nitrogens is 1. The van der Waals surface area contributed by atoms with E-state index >= 15 is 0 Å². The summed E-state index contributed by atoms with van der Waals surface area (Å²) in [5.74, 6) is 0.168. The topological polar surface area (TPSA) is 59.4 Å². The summed E-state index contributed by atoms with van der Waals surface area (Å²) in [4.78, 5) is 13.2. The van der Waals surface area contributed by atoms with Crippen molar-refractivity contribution in [3.05, 3.63) is 68.9 Å². The lowest BCUT2D eigenvalue weighted by Gasteiger charge is -2.32. The second-order valence-electron chi connectivity index (χ2n) is 7.97. The van der Waals surface area contributed by atoms with Gasteiger partial charge in [0, 0.05) is 43.7 Å². The standard InChI is InChI=1S/C21H25FN2O3S/c1-28(26,27)23-10-9-20-18(14-23)12-17(11-16-7-2-3-8-19(16)22)21(25)24(20)13-15-5-4-6-15/h2-3,7-8,12,15H,4-6,9-11,13-14H2,1H3. The van der Waals surface area contributed by atoms with E-state index in [9.17, 15) is 17.6 Å². The predicted octanol–water partition coefficient (Wildman–Crippen LogP) is 2.70. The lowest BCUT2D eigenvalue weighted by atomic mass is 9.85. The molecule has 1 aliphatic carbocycles. The van der Waals surface area contributed by atoms with E-state index in [1.165, 1.54) is 23.0 Å². The molecule has 2 aromatic rings.